The van der Waals surface area contributed by atoms with Crippen LogP contribution in [0.15, 0.2) is 0 Å². The second kappa shape index (κ2) is 3.75. The number of rotatable bonds is 4. The van der Waals surface area contributed by atoms with Gasteiger partial charge in [0.05, 0.1) is 0 Å². The molecule has 0 aromatic rings. The van der Waals surface area contributed by atoms with E-state index in [1.54, 1.807) is 38.5 Å². The van der Waals surface area contributed by atoms with Crippen LogP contribution in [0.4, 0.5) is 0 Å². The van der Waals surface area contributed by atoms with E-state index in [0.29, 0.717) is 10.8 Å². The Morgan fingerprint density at radius 1 is 0.944 bits per heavy atom. The minimum atomic E-state index is 0.519. The predicted octanol–water partition coefficient (Wildman–Crippen LogP) is 3.98. The van der Waals surface area contributed by atoms with E-state index in [4.69, 9.17) is 0 Å². The van der Waals surface area contributed by atoms with Crippen molar-refractivity contribution in [2.45, 2.75) is 71.3 Å². The average Bonchev–Trinajstić information content (AvgIpc) is 3.08. The van der Waals surface area contributed by atoms with Crippen LogP contribution in [-0.2, 0) is 0 Å². The summed E-state index contributed by atoms with van der Waals surface area (Å²) < 4.78 is 0. The molecule has 102 valence electrons. The maximum atomic E-state index is 3.82. The van der Waals surface area contributed by atoms with Gasteiger partial charge in [0.25, 0.3) is 0 Å². The third kappa shape index (κ3) is 1.77. The van der Waals surface area contributed by atoms with Crippen molar-refractivity contribution in [2.24, 2.45) is 28.6 Å². The molecule has 0 aromatic heterocycles. The van der Waals surface area contributed by atoms with Gasteiger partial charge in [-0.05, 0) is 80.0 Å². The second-order valence-corrected chi connectivity index (χ2v) is 8.74. The van der Waals surface area contributed by atoms with Crippen LogP contribution in [0.25, 0.3) is 0 Å². The van der Waals surface area contributed by atoms with Gasteiger partial charge in [-0.15, -0.1) is 0 Å². The molecule has 0 amide bonds. The highest BCUT2D eigenvalue weighted by Crippen LogP contribution is 2.65. The van der Waals surface area contributed by atoms with Crippen molar-refractivity contribution in [3.05, 3.63) is 0 Å². The Morgan fingerprint density at radius 2 is 1.44 bits per heavy atom. The first-order valence-corrected chi connectivity index (χ1v) is 8.30. The molecule has 5 rings (SSSR count). The lowest BCUT2D eigenvalue weighted by atomic mass is 9.43. The summed E-state index contributed by atoms with van der Waals surface area (Å²) in [5, 5.41) is 3.82. The molecule has 5 aliphatic carbocycles. The van der Waals surface area contributed by atoms with Crippen molar-refractivity contribution in [3.63, 3.8) is 0 Å². The maximum Gasteiger partial charge on any atom is 0.00684 e. The fourth-order valence-electron chi connectivity index (χ4n) is 5.81. The highest BCUT2D eigenvalue weighted by atomic mass is 15.0. The van der Waals surface area contributed by atoms with E-state index in [1.807, 2.05) is 0 Å². The highest BCUT2D eigenvalue weighted by Gasteiger charge is 2.56. The van der Waals surface area contributed by atoms with Gasteiger partial charge >= 0.3 is 0 Å². The summed E-state index contributed by atoms with van der Waals surface area (Å²) in [6, 6.07) is 0.873. The third-order valence-corrected chi connectivity index (χ3v) is 6.88. The molecule has 0 aliphatic heterocycles. The number of hydrogen-bond acceptors (Lipinski definition) is 1. The first-order valence-electron chi connectivity index (χ1n) is 8.30. The summed E-state index contributed by atoms with van der Waals surface area (Å²) >= 11 is 0. The fraction of sp³-hybridized carbons (Fsp3) is 1.00. The van der Waals surface area contributed by atoms with Gasteiger partial charge < -0.3 is 5.32 Å². The van der Waals surface area contributed by atoms with Gasteiger partial charge in [-0.1, -0.05) is 13.8 Å². The summed E-state index contributed by atoms with van der Waals surface area (Å²) in [5.41, 5.74) is 1.22. The van der Waals surface area contributed by atoms with E-state index >= 15 is 0 Å². The molecule has 5 fully saturated rings. The van der Waals surface area contributed by atoms with Gasteiger partial charge in [0, 0.05) is 12.6 Å². The van der Waals surface area contributed by atoms with E-state index in [0.717, 1.165) is 23.8 Å². The normalized spacial score (nSPS) is 46.7. The van der Waals surface area contributed by atoms with Crippen molar-refractivity contribution in [2.75, 3.05) is 6.54 Å². The summed E-state index contributed by atoms with van der Waals surface area (Å²) in [5.74, 6) is 3.28. The average molecular weight is 247 g/mol. The molecular weight excluding hydrogens is 218 g/mol. The molecule has 0 saturated heterocycles. The van der Waals surface area contributed by atoms with Gasteiger partial charge in [0.15, 0.2) is 0 Å². The molecule has 0 aromatic carbocycles. The lowest BCUT2D eigenvalue weighted by Crippen LogP contribution is -2.55. The van der Waals surface area contributed by atoms with E-state index in [9.17, 15) is 0 Å². The monoisotopic (exact) mass is 247 g/mol. The molecule has 0 unspecified atom stereocenters. The fourth-order valence-corrected chi connectivity index (χ4v) is 5.81. The molecule has 0 spiro atoms. The highest BCUT2D eigenvalue weighted by molar-refractivity contribution is 5.07. The molecule has 0 heterocycles. The van der Waals surface area contributed by atoms with Gasteiger partial charge in [0.1, 0.15) is 0 Å². The van der Waals surface area contributed by atoms with Crippen molar-refractivity contribution in [1.82, 2.24) is 5.32 Å². The van der Waals surface area contributed by atoms with Gasteiger partial charge in [-0.25, -0.2) is 0 Å². The maximum absolute atomic E-state index is 3.82. The SMILES string of the molecule is CC(C)(CNC1CC1)C12CC3CC(CC(C3)C1)C2. The van der Waals surface area contributed by atoms with Gasteiger partial charge in [-0.3, -0.25) is 0 Å². The minimum Gasteiger partial charge on any atom is -0.313 e. The van der Waals surface area contributed by atoms with Crippen molar-refractivity contribution >= 4 is 0 Å². The smallest absolute Gasteiger partial charge is 0.00684 e. The Labute approximate surface area is 112 Å². The molecule has 18 heavy (non-hydrogen) atoms. The summed E-state index contributed by atoms with van der Waals surface area (Å²) in [7, 11) is 0. The van der Waals surface area contributed by atoms with Crippen LogP contribution in [0.1, 0.15) is 65.2 Å². The minimum absolute atomic E-state index is 0.519. The van der Waals surface area contributed by atoms with Gasteiger partial charge in [-0.2, -0.15) is 0 Å². The Bertz CT molecular complexity index is 304. The van der Waals surface area contributed by atoms with E-state index in [-0.39, 0.29) is 0 Å². The third-order valence-electron chi connectivity index (χ3n) is 6.88. The molecule has 0 radical (unpaired) electrons. The Kier molecular flexibility index (Phi) is 2.45. The summed E-state index contributed by atoms with van der Waals surface area (Å²) in [4.78, 5) is 0. The number of hydrogen-bond donors (Lipinski definition) is 1. The van der Waals surface area contributed by atoms with Crippen LogP contribution >= 0.6 is 0 Å². The van der Waals surface area contributed by atoms with Crippen molar-refractivity contribution < 1.29 is 0 Å². The zero-order valence-corrected chi connectivity index (χ0v) is 12.2. The Balaban J connectivity index is 1.54. The van der Waals surface area contributed by atoms with Crippen molar-refractivity contribution in [3.8, 4) is 0 Å². The first kappa shape index (κ1) is 11.8. The zero-order chi connectivity index (χ0) is 12.4. The lowest BCUT2D eigenvalue weighted by molar-refractivity contribution is -0.118. The zero-order valence-electron chi connectivity index (χ0n) is 12.2. The van der Waals surface area contributed by atoms with Gasteiger partial charge in [0.2, 0.25) is 0 Å². The number of nitrogens with one attached hydrogen (secondary N) is 1. The van der Waals surface area contributed by atoms with Crippen LogP contribution in [-0.4, -0.2) is 12.6 Å². The lowest BCUT2D eigenvalue weighted by Gasteiger charge is -2.62. The predicted molar refractivity (Wildman–Crippen MR) is 75.4 cm³/mol. The molecule has 4 bridgehead atoms. The van der Waals surface area contributed by atoms with Crippen LogP contribution in [0.2, 0.25) is 0 Å². The largest absolute Gasteiger partial charge is 0.313 e. The van der Waals surface area contributed by atoms with E-state index < -0.39 is 0 Å². The Hall–Kier alpha value is -0.0400. The van der Waals surface area contributed by atoms with Crippen molar-refractivity contribution in [1.29, 1.82) is 0 Å². The van der Waals surface area contributed by atoms with E-state index in [1.165, 1.54) is 19.4 Å². The topological polar surface area (TPSA) is 12.0 Å². The molecule has 0 atom stereocenters. The molecular formula is C17H29N. The standard InChI is InChI=1S/C17H29N/c1-16(2,11-18-15-3-4-15)17-8-12-5-13(9-17)7-14(6-12)10-17/h12-15,18H,3-11H2,1-2H3. The molecule has 1 N–H and O–H groups in total. The molecule has 5 aliphatic rings. The Morgan fingerprint density at radius 3 is 1.89 bits per heavy atom. The quantitative estimate of drug-likeness (QED) is 0.792. The van der Waals surface area contributed by atoms with Crippen LogP contribution in [0, 0.1) is 28.6 Å². The summed E-state index contributed by atoms with van der Waals surface area (Å²) in [6.07, 6.45) is 12.2. The summed E-state index contributed by atoms with van der Waals surface area (Å²) in [6.45, 7) is 6.40. The first-order chi connectivity index (χ1) is 8.56. The van der Waals surface area contributed by atoms with Crippen LogP contribution < -0.4 is 5.32 Å². The molecule has 5 saturated carbocycles. The molecule has 1 nitrogen and oxygen atoms in total. The second-order valence-electron chi connectivity index (χ2n) is 8.74. The van der Waals surface area contributed by atoms with E-state index in [2.05, 4.69) is 19.2 Å². The molecule has 1 heteroatoms. The van der Waals surface area contributed by atoms with Crippen LogP contribution in [0.3, 0.4) is 0 Å². The van der Waals surface area contributed by atoms with Crippen LogP contribution in [0.5, 0.6) is 0 Å².